The van der Waals surface area contributed by atoms with Crippen LogP contribution in [0.2, 0.25) is 0 Å². The van der Waals surface area contributed by atoms with Crippen LogP contribution >= 0.6 is 0 Å². The molecule has 2 aromatic rings. The maximum absolute atomic E-state index is 10.5. The Morgan fingerprint density at radius 2 is 2.15 bits per heavy atom. The smallest absolute Gasteiger partial charge is 0.320 e. The molecule has 4 atom stereocenters. The fourth-order valence-corrected chi connectivity index (χ4v) is 3.59. The predicted octanol–water partition coefficient (Wildman–Crippen LogP) is 0.874. The van der Waals surface area contributed by atoms with Crippen LogP contribution in [0.4, 0.5) is 5.82 Å². The number of nitrogen functional groups attached to an aromatic ring is 1. The Morgan fingerprint density at radius 3 is 2.88 bits per heavy atom. The quantitative estimate of drug-likeness (QED) is 0.759. The number of nitrogens with two attached hydrogens (primary N) is 1. The molecule has 10 heteroatoms. The van der Waals surface area contributed by atoms with E-state index in [1.807, 2.05) is 0 Å². The van der Waals surface area contributed by atoms with Gasteiger partial charge in [0.2, 0.25) is 0 Å². The zero-order valence-corrected chi connectivity index (χ0v) is 14.3. The average molecular weight is 360 g/mol. The second-order valence-electron chi connectivity index (χ2n) is 6.64. The Kier molecular flexibility index (Phi) is 4.26. The van der Waals surface area contributed by atoms with Crippen molar-refractivity contribution in [2.45, 2.75) is 63.3 Å². The van der Waals surface area contributed by atoms with Gasteiger partial charge in [-0.1, -0.05) is 0 Å². The summed E-state index contributed by atoms with van der Waals surface area (Å²) in [6, 6.07) is 0.189. The van der Waals surface area contributed by atoms with Gasteiger partial charge in [0.25, 0.3) is 6.26 Å². The van der Waals surface area contributed by atoms with E-state index in [0.29, 0.717) is 11.2 Å². The van der Waals surface area contributed by atoms with Crippen molar-refractivity contribution in [1.82, 2.24) is 19.5 Å². The fraction of sp³-hybridized carbons (Fsp3) is 0.625. The van der Waals surface area contributed by atoms with Gasteiger partial charge in [0.15, 0.2) is 29.3 Å². The van der Waals surface area contributed by atoms with E-state index in [0.717, 1.165) is 25.7 Å². The first kappa shape index (κ1) is 16.8. The Morgan fingerprint density at radius 1 is 1.38 bits per heavy atom. The van der Waals surface area contributed by atoms with Crippen LogP contribution in [-0.4, -0.2) is 49.0 Å². The van der Waals surface area contributed by atoms with Crippen LogP contribution < -0.4 is 10.5 Å². The van der Waals surface area contributed by atoms with Crippen molar-refractivity contribution < 1.29 is 19.3 Å². The summed E-state index contributed by atoms with van der Waals surface area (Å²) in [6.07, 6.45) is 4.25. The molecule has 138 valence electrons. The summed E-state index contributed by atoms with van der Waals surface area (Å²) in [7, 11) is 0. The first-order valence-electron chi connectivity index (χ1n) is 8.63. The monoisotopic (exact) mass is 360 g/mol. The van der Waals surface area contributed by atoms with E-state index in [1.54, 1.807) is 17.7 Å². The molecule has 1 unspecified atom stereocenters. The third kappa shape index (κ3) is 2.79. The number of aliphatic hydroxyl groups excluding tert-OH is 1. The summed E-state index contributed by atoms with van der Waals surface area (Å²) in [5.74, 6) is 0.201. The Labute approximate surface area is 149 Å². The fourth-order valence-electron chi connectivity index (χ4n) is 3.59. The minimum absolute atomic E-state index is 0.0879. The molecule has 0 radical (unpaired) electrons. The number of hydrogen-bond donors (Lipinski definition) is 2. The molecule has 3 N–H and O–H groups in total. The van der Waals surface area contributed by atoms with E-state index < -0.39 is 24.5 Å². The average Bonchev–Trinajstić information content (AvgIpc) is 3.31. The van der Waals surface area contributed by atoms with Crippen LogP contribution in [-0.2, 0) is 9.47 Å². The summed E-state index contributed by atoms with van der Waals surface area (Å²) in [5.41, 5.74) is 6.80. The number of imidazole rings is 1. The van der Waals surface area contributed by atoms with Crippen molar-refractivity contribution in [3.05, 3.63) is 6.33 Å². The zero-order chi connectivity index (χ0) is 18.3. The third-order valence-electron chi connectivity index (χ3n) is 4.91. The number of aromatic nitrogens is 4. The lowest BCUT2D eigenvalue weighted by atomic mass is 10.1. The van der Waals surface area contributed by atoms with Gasteiger partial charge in [0.1, 0.15) is 12.2 Å². The van der Waals surface area contributed by atoms with Gasteiger partial charge in [-0.15, -0.1) is 0 Å². The molecule has 1 saturated carbocycles. The van der Waals surface area contributed by atoms with Gasteiger partial charge in [-0.05, 0) is 32.6 Å². The number of hydrogen-bond acceptors (Lipinski definition) is 9. The molecule has 26 heavy (non-hydrogen) atoms. The van der Waals surface area contributed by atoms with Gasteiger partial charge in [-0.3, -0.25) is 4.57 Å². The molecule has 1 aliphatic carbocycles. The summed E-state index contributed by atoms with van der Waals surface area (Å²) in [5, 5.41) is 19.2. The standard InChI is InChI=1S/C16H20N6O4/c1-8-12(24-6-17)11(23)15(25-8)22-7-19-10-13(18)20-16(21-14(10)22)26-9-4-2-3-5-9/h7-9,11-12,15,23H,2-5H2,1H3,(H2,18,20,21)/t8-,11-,12+,15?/m1/s1. The van der Waals surface area contributed by atoms with Gasteiger partial charge in [-0.25, -0.2) is 4.98 Å². The Bertz CT molecular complexity index is 843. The Hall–Kier alpha value is -2.64. The number of anilines is 1. The molecule has 2 aromatic heterocycles. The van der Waals surface area contributed by atoms with E-state index in [1.165, 1.54) is 6.33 Å². The van der Waals surface area contributed by atoms with Crippen molar-refractivity contribution in [1.29, 1.82) is 5.26 Å². The minimum atomic E-state index is -1.06. The maximum Gasteiger partial charge on any atom is 0.320 e. The molecule has 2 aliphatic rings. The van der Waals surface area contributed by atoms with Crippen LogP contribution in [0.15, 0.2) is 6.33 Å². The largest absolute Gasteiger partial charge is 0.460 e. The molecular weight excluding hydrogens is 340 g/mol. The van der Waals surface area contributed by atoms with Gasteiger partial charge in [0, 0.05) is 0 Å². The number of rotatable bonds is 4. The molecule has 4 rings (SSSR count). The number of nitriles is 1. The van der Waals surface area contributed by atoms with Crippen LogP contribution in [0.3, 0.4) is 0 Å². The molecule has 3 heterocycles. The second kappa shape index (κ2) is 6.59. The van der Waals surface area contributed by atoms with Crippen molar-refractivity contribution >= 4 is 17.0 Å². The summed E-state index contributed by atoms with van der Waals surface area (Å²) in [6.45, 7) is 1.72. The number of fused-ring (bicyclic) bond motifs is 1. The normalized spacial score (nSPS) is 29.1. The number of ether oxygens (including phenoxy) is 3. The summed E-state index contributed by atoms with van der Waals surface area (Å²) in [4.78, 5) is 12.8. The van der Waals surface area contributed by atoms with Crippen LogP contribution in [0, 0.1) is 11.5 Å². The lowest BCUT2D eigenvalue weighted by Crippen LogP contribution is -2.32. The SMILES string of the molecule is C[C@H]1OC(n2cnc3c(N)nc(OC4CCCC4)nc32)[C@H](O)[C@H]1OC#N. The van der Waals surface area contributed by atoms with E-state index >= 15 is 0 Å². The highest BCUT2D eigenvalue weighted by molar-refractivity contribution is 5.82. The molecule has 0 aromatic carbocycles. The van der Waals surface area contributed by atoms with E-state index in [2.05, 4.69) is 15.0 Å². The van der Waals surface area contributed by atoms with E-state index in [-0.39, 0.29) is 17.9 Å². The third-order valence-corrected chi connectivity index (χ3v) is 4.91. The first-order chi connectivity index (χ1) is 12.6. The highest BCUT2D eigenvalue weighted by Gasteiger charge is 2.45. The zero-order valence-electron chi connectivity index (χ0n) is 14.3. The van der Waals surface area contributed by atoms with Crippen molar-refractivity contribution in [3.8, 4) is 12.3 Å². The molecular formula is C16H20N6O4. The van der Waals surface area contributed by atoms with Crippen LogP contribution in [0.1, 0.15) is 38.8 Å². The topological polar surface area (TPSA) is 141 Å². The van der Waals surface area contributed by atoms with E-state index in [9.17, 15) is 5.11 Å². The van der Waals surface area contributed by atoms with Crippen LogP contribution in [0.25, 0.3) is 11.2 Å². The lowest BCUT2D eigenvalue weighted by Gasteiger charge is -2.17. The number of nitrogens with zero attached hydrogens (tertiary/aromatic N) is 5. The van der Waals surface area contributed by atoms with E-state index in [4.69, 9.17) is 25.2 Å². The van der Waals surface area contributed by atoms with Gasteiger partial charge in [-0.2, -0.15) is 15.2 Å². The number of aliphatic hydroxyl groups is 1. The maximum atomic E-state index is 10.5. The van der Waals surface area contributed by atoms with Crippen molar-refractivity contribution in [2.24, 2.45) is 0 Å². The highest BCUT2D eigenvalue weighted by atomic mass is 16.6. The van der Waals surface area contributed by atoms with Crippen molar-refractivity contribution in [3.63, 3.8) is 0 Å². The Balaban J connectivity index is 1.67. The van der Waals surface area contributed by atoms with Gasteiger partial charge >= 0.3 is 6.01 Å². The van der Waals surface area contributed by atoms with Crippen LogP contribution in [0.5, 0.6) is 6.01 Å². The summed E-state index contributed by atoms with van der Waals surface area (Å²) >= 11 is 0. The molecule has 0 amide bonds. The molecule has 0 bridgehead atoms. The molecule has 10 nitrogen and oxygen atoms in total. The second-order valence-corrected chi connectivity index (χ2v) is 6.64. The molecule has 2 fully saturated rings. The van der Waals surface area contributed by atoms with Gasteiger partial charge < -0.3 is 25.1 Å². The lowest BCUT2D eigenvalue weighted by molar-refractivity contribution is -0.0300. The van der Waals surface area contributed by atoms with Gasteiger partial charge in [0.05, 0.1) is 12.4 Å². The molecule has 0 spiro atoms. The van der Waals surface area contributed by atoms with Crippen molar-refractivity contribution in [2.75, 3.05) is 5.73 Å². The summed E-state index contributed by atoms with van der Waals surface area (Å²) < 4.78 is 18.1. The minimum Gasteiger partial charge on any atom is -0.460 e. The first-order valence-corrected chi connectivity index (χ1v) is 8.63. The predicted molar refractivity (Wildman–Crippen MR) is 88.7 cm³/mol. The molecule has 1 saturated heterocycles. The highest BCUT2D eigenvalue weighted by Crippen LogP contribution is 2.34. The molecule has 1 aliphatic heterocycles.